The largest absolute Gasteiger partial charge is 0.497 e. The topological polar surface area (TPSA) is 54.9 Å². The quantitative estimate of drug-likeness (QED) is 0.752. The van der Waals surface area contributed by atoms with Gasteiger partial charge in [-0.05, 0) is 42.0 Å². The molecular weight excluding hydrogens is 333 g/mol. The van der Waals surface area contributed by atoms with E-state index in [4.69, 9.17) is 4.74 Å². The van der Waals surface area contributed by atoms with Crippen molar-refractivity contribution in [3.8, 4) is 5.75 Å². The Hall–Kier alpha value is -2.54. The molecule has 0 aliphatic carbocycles. The van der Waals surface area contributed by atoms with Gasteiger partial charge in [0.05, 0.1) is 19.2 Å². The van der Waals surface area contributed by atoms with Gasteiger partial charge in [-0.3, -0.25) is 4.79 Å². The van der Waals surface area contributed by atoms with Crippen molar-refractivity contribution in [3.63, 3.8) is 0 Å². The van der Waals surface area contributed by atoms with E-state index in [2.05, 4.69) is 5.32 Å². The van der Waals surface area contributed by atoms with Crippen LogP contribution in [0.1, 0.15) is 11.1 Å². The molecular formula is C18H20F3N2O2+. The molecule has 0 atom stereocenters. The molecule has 2 aromatic carbocycles. The van der Waals surface area contributed by atoms with Crippen molar-refractivity contribution in [3.05, 3.63) is 59.7 Å². The molecule has 134 valence electrons. The van der Waals surface area contributed by atoms with Crippen LogP contribution in [-0.2, 0) is 17.4 Å². The van der Waals surface area contributed by atoms with Gasteiger partial charge >= 0.3 is 6.18 Å². The number of hydrogen-bond donors (Lipinski definition) is 2. The summed E-state index contributed by atoms with van der Waals surface area (Å²) in [5.41, 5.74) is 0.748. The van der Waals surface area contributed by atoms with Gasteiger partial charge in [0.2, 0.25) is 0 Å². The molecule has 3 N–H and O–H groups in total. The maximum Gasteiger partial charge on any atom is 0.416 e. The second-order valence-corrected chi connectivity index (χ2v) is 5.50. The molecule has 0 radical (unpaired) electrons. The summed E-state index contributed by atoms with van der Waals surface area (Å²) in [6.45, 7) is 0.934. The molecule has 4 nitrogen and oxygen atoms in total. The number of anilines is 1. The van der Waals surface area contributed by atoms with E-state index in [1.807, 2.05) is 29.6 Å². The number of benzene rings is 2. The molecule has 0 aliphatic rings. The highest BCUT2D eigenvalue weighted by Gasteiger charge is 2.29. The highest BCUT2D eigenvalue weighted by molar-refractivity contribution is 5.91. The van der Waals surface area contributed by atoms with Crippen molar-refractivity contribution in [1.29, 1.82) is 0 Å². The van der Waals surface area contributed by atoms with Crippen molar-refractivity contribution in [1.82, 2.24) is 0 Å². The number of ether oxygens (including phenoxy) is 1. The van der Waals surface area contributed by atoms with Crippen molar-refractivity contribution in [2.45, 2.75) is 12.6 Å². The number of halogens is 3. The monoisotopic (exact) mass is 353 g/mol. The average molecular weight is 353 g/mol. The Kier molecular flexibility index (Phi) is 6.41. The van der Waals surface area contributed by atoms with E-state index < -0.39 is 11.7 Å². The molecule has 0 aliphatic heterocycles. The van der Waals surface area contributed by atoms with Crippen LogP contribution < -0.4 is 15.4 Å². The summed E-state index contributed by atoms with van der Waals surface area (Å²) >= 11 is 0. The van der Waals surface area contributed by atoms with Gasteiger partial charge in [-0.15, -0.1) is 0 Å². The summed E-state index contributed by atoms with van der Waals surface area (Å²) in [5.74, 6) is 0.540. The third-order valence-electron chi connectivity index (χ3n) is 3.62. The van der Waals surface area contributed by atoms with E-state index in [9.17, 15) is 18.0 Å². The lowest BCUT2D eigenvalue weighted by Gasteiger charge is -2.08. The summed E-state index contributed by atoms with van der Waals surface area (Å²) in [5, 5.41) is 4.43. The van der Waals surface area contributed by atoms with Gasteiger partial charge < -0.3 is 15.4 Å². The highest BCUT2D eigenvalue weighted by Crippen LogP contribution is 2.29. The molecule has 0 saturated carbocycles. The first-order chi connectivity index (χ1) is 11.9. The number of hydrogen-bond acceptors (Lipinski definition) is 2. The Morgan fingerprint density at radius 2 is 1.72 bits per heavy atom. The first-order valence-corrected chi connectivity index (χ1v) is 7.80. The van der Waals surface area contributed by atoms with Crippen molar-refractivity contribution in [2.24, 2.45) is 0 Å². The van der Waals surface area contributed by atoms with Crippen LogP contribution in [0.4, 0.5) is 18.9 Å². The molecule has 0 fully saturated rings. The zero-order valence-corrected chi connectivity index (χ0v) is 13.8. The molecule has 25 heavy (non-hydrogen) atoms. The van der Waals surface area contributed by atoms with Gasteiger partial charge in [-0.25, -0.2) is 0 Å². The lowest BCUT2D eigenvalue weighted by atomic mass is 10.1. The number of rotatable bonds is 7. The summed E-state index contributed by atoms with van der Waals surface area (Å²) in [7, 11) is 1.61. The summed E-state index contributed by atoms with van der Waals surface area (Å²) < 4.78 is 42.5. The van der Waals surface area contributed by atoms with Crippen LogP contribution in [0, 0.1) is 0 Å². The van der Waals surface area contributed by atoms with E-state index in [-0.39, 0.29) is 12.5 Å². The molecule has 0 heterocycles. The maximum absolute atomic E-state index is 12.5. The second-order valence-electron chi connectivity index (χ2n) is 5.50. The SMILES string of the molecule is COc1ccc(CC[NH2+]CC(=O)Nc2ccc(C(F)(F)F)cc2)cc1. The summed E-state index contributed by atoms with van der Waals surface area (Å²) in [4.78, 5) is 11.8. The minimum Gasteiger partial charge on any atom is -0.497 e. The number of alkyl halides is 3. The van der Waals surface area contributed by atoms with E-state index >= 15 is 0 Å². The summed E-state index contributed by atoms with van der Waals surface area (Å²) in [6.07, 6.45) is -3.57. The van der Waals surface area contributed by atoms with Crippen LogP contribution in [0.5, 0.6) is 5.75 Å². The number of carbonyl (C=O) groups is 1. The standard InChI is InChI=1S/C18H19F3N2O2/c1-25-16-8-2-13(3-9-16)10-11-22-12-17(24)23-15-6-4-14(5-7-15)18(19,20)21/h2-9,22H,10-12H2,1H3,(H,23,24)/p+1. The number of nitrogens with two attached hydrogens (primary N) is 1. The molecule has 0 unspecified atom stereocenters. The van der Waals surface area contributed by atoms with Gasteiger partial charge in [-0.2, -0.15) is 13.2 Å². The van der Waals surface area contributed by atoms with Gasteiger partial charge in [-0.1, -0.05) is 12.1 Å². The Morgan fingerprint density at radius 1 is 1.08 bits per heavy atom. The molecule has 2 rings (SSSR count). The van der Waals surface area contributed by atoms with Crippen LogP contribution in [-0.4, -0.2) is 26.1 Å². The second kappa shape index (κ2) is 8.53. The first kappa shape index (κ1) is 18.8. The molecule has 7 heteroatoms. The van der Waals surface area contributed by atoms with E-state index in [0.29, 0.717) is 5.69 Å². The molecule has 1 amide bonds. The Bertz CT molecular complexity index is 683. The van der Waals surface area contributed by atoms with Gasteiger partial charge in [0.1, 0.15) is 5.75 Å². The van der Waals surface area contributed by atoms with E-state index in [1.54, 1.807) is 7.11 Å². The number of carbonyl (C=O) groups excluding carboxylic acids is 1. The van der Waals surface area contributed by atoms with Crippen LogP contribution in [0.15, 0.2) is 48.5 Å². The lowest BCUT2D eigenvalue weighted by Crippen LogP contribution is -2.86. The fraction of sp³-hybridized carbons (Fsp3) is 0.278. The predicted molar refractivity (Wildman–Crippen MR) is 88.4 cm³/mol. The van der Waals surface area contributed by atoms with Crippen LogP contribution in [0.2, 0.25) is 0 Å². The summed E-state index contributed by atoms with van der Waals surface area (Å²) in [6, 6.07) is 12.1. The number of nitrogens with one attached hydrogen (secondary N) is 1. The maximum atomic E-state index is 12.5. The van der Waals surface area contributed by atoms with Crippen LogP contribution >= 0.6 is 0 Å². The van der Waals surface area contributed by atoms with Crippen LogP contribution in [0.25, 0.3) is 0 Å². The zero-order valence-electron chi connectivity index (χ0n) is 13.8. The first-order valence-electron chi connectivity index (χ1n) is 7.80. The van der Waals surface area contributed by atoms with Gasteiger partial charge in [0, 0.05) is 12.1 Å². The average Bonchev–Trinajstić information content (AvgIpc) is 2.59. The molecule has 2 aromatic rings. The Labute approximate surface area is 144 Å². The van der Waals surface area contributed by atoms with Crippen molar-refractivity contribution >= 4 is 11.6 Å². The fourth-order valence-electron chi connectivity index (χ4n) is 2.25. The third kappa shape index (κ3) is 6.11. The smallest absolute Gasteiger partial charge is 0.416 e. The van der Waals surface area contributed by atoms with E-state index in [1.165, 1.54) is 12.1 Å². The predicted octanol–water partition coefficient (Wildman–Crippen LogP) is 2.46. The molecule has 0 saturated heterocycles. The minimum atomic E-state index is -4.38. The minimum absolute atomic E-state index is 0.206. The van der Waals surface area contributed by atoms with E-state index in [0.717, 1.165) is 36.4 Å². The number of methoxy groups -OCH3 is 1. The Balaban J connectivity index is 1.71. The van der Waals surface area contributed by atoms with Crippen molar-refractivity contribution in [2.75, 3.05) is 25.5 Å². The molecule has 0 aromatic heterocycles. The highest BCUT2D eigenvalue weighted by atomic mass is 19.4. The van der Waals surface area contributed by atoms with Gasteiger partial charge in [0.25, 0.3) is 5.91 Å². The zero-order chi connectivity index (χ0) is 18.3. The molecule has 0 bridgehead atoms. The fourth-order valence-corrected chi connectivity index (χ4v) is 2.25. The number of amides is 1. The Morgan fingerprint density at radius 3 is 2.28 bits per heavy atom. The van der Waals surface area contributed by atoms with Crippen LogP contribution in [0.3, 0.4) is 0 Å². The molecule has 0 spiro atoms. The third-order valence-corrected chi connectivity index (χ3v) is 3.62. The normalized spacial score (nSPS) is 11.2. The van der Waals surface area contributed by atoms with Gasteiger partial charge in [0.15, 0.2) is 6.54 Å². The lowest BCUT2D eigenvalue weighted by molar-refractivity contribution is -0.643. The van der Waals surface area contributed by atoms with Crippen molar-refractivity contribution < 1.29 is 28.0 Å². The number of quaternary nitrogens is 1.